The van der Waals surface area contributed by atoms with Gasteiger partial charge in [0.15, 0.2) is 5.82 Å². The monoisotopic (exact) mass is 471 g/mol. The molecule has 5 rings (SSSR count). The Morgan fingerprint density at radius 1 is 1.14 bits per heavy atom. The van der Waals surface area contributed by atoms with E-state index in [1.165, 1.54) is 0 Å². The van der Waals surface area contributed by atoms with Gasteiger partial charge < -0.3 is 25.6 Å². The van der Waals surface area contributed by atoms with Crippen molar-refractivity contribution in [3.8, 4) is 11.5 Å². The molecule has 0 aliphatic carbocycles. The zero-order valence-electron chi connectivity index (χ0n) is 19.2. The molecule has 0 radical (unpaired) electrons. The van der Waals surface area contributed by atoms with Gasteiger partial charge in [-0.15, -0.1) is 0 Å². The maximum Gasteiger partial charge on any atom is 0.263 e. The lowest BCUT2D eigenvalue weighted by atomic mass is 10.00. The number of hydrogen-bond donors (Lipinski definition) is 4. The summed E-state index contributed by atoms with van der Waals surface area (Å²) < 4.78 is 5.43. The van der Waals surface area contributed by atoms with E-state index in [1.54, 1.807) is 12.3 Å². The maximum absolute atomic E-state index is 12.0. The zero-order valence-corrected chi connectivity index (χ0v) is 19.2. The number of carbonyl (C=O) groups is 1. The van der Waals surface area contributed by atoms with Crippen LogP contribution in [0.2, 0.25) is 0 Å². The summed E-state index contributed by atoms with van der Waals surface area (Å²) in [7, 11) is 0. The zero-order chi connectivity index (χ0) is 24.2. The number of nitrogens with one attached hydrogen (secondary N) is 3. The second-order valence-electron chi connectivity index (χ2n) is 8.12. The molecule has 0 saturated heterocycles. The minimum atomic E-state index is -0.409. The molecule has 0 unspecified atom stereocenters. The SMILES string of the molecule is CCc1noc(-c2cnc(Nc3ccc4c(c3)CCNC4=O)nc2N[C@H](CO)c2ccccc2)n1. The van der Waals surface area contributed by atoms with Gasteiger partial charge in [-0.3, -0.25) is 4.79 Å². The largest absolute Gasteiger partial charge is 0.394 e. The van der Waals surface area contributed by atoms with Gasteiger partial charge in [0.1, 0.15) is 11.4 Å². The van der Waals surface area contributed by atoms with E-state index in [1.807, 2.05) is 49.4 Å². The van der Waals surface area contributed by atoms with Crippen LogP contribution in [0, 0.1) is 0 Å². The topological polar surface area (TPSA) is 138 Å². The molecule has 10 nitrogen and oxygen atoms in total. The van der Waals surface area contributed by atoms with Crippen LogP contribution in [0.5, 0.6) is 0 Å². The highest BCUT2D eigenvalue weighted by Gasteiger charge is 2.20. The van der Waals surface area contributed by atoms with Crippen LogP contribution in [0.3, 0.4) is 0 Å². The average molecular weight is 472 g/mol. The van der Waals surface area contributed by atoms with Gasteiger partial charge in [0, 0.05) is 30.4 Å². The number of aliphatic hydroxyl groups excluding tert-OH is 1. The molecule has 4 aromatic rings. The molecule has 2 aromatic carbocycles. The Morgan fingerprint density at radius 3 is 2.77 bits per heavy atom. The highest BCUT2D eigenvalue weighted by Crippen LogP contribution is 2.30. The van der Waals surface area contributed by atoms with Crippen molar-refractivity contribution < 1.29 is 14.4 Å². The maximum atomic E-state index is 12.0. The Kier molecular flexibility index (Phi) is 6.36. The van der Waals surface area contributed by atoms with E-state index in [4.69, 9.17) is 4.52 Å². The number of aliphatic hydroxyl groups is 1. The third kappa shape index (κ3) is 4.82. The molecular weight excluding hydrogens is 446 g/mol. The van der Waals surface area contributed by atoms with E-state index in [-0.39, 0.29) is 12.5 Å². The summed E-state index contributed by atoms with van der Waals surface area (Å²) in [5.74, 6) is 1.59. The van der Waals surface area contributed by atoms with Crippen molar-refractivity contribution in [2.24, 2.45) is 0 Å². The van der Waals surface area contributed by atoms with E-state index in [0.29, 0.717) is 47.6 Å². The fraction of sp³-hybridized carbons (Fsp3) is 0.240. The van der Waals surface area contributed by atoms with Gasteiger partial charge in [-0.1, -0.05) is 42.4 Å². The number of fused-ring (bicyclic) bond motifs is 1. The fourth-order valence-corrected chi connectivity index (χ4v) is 3.94. The van der Waals surface area contributed by atoms with Gasteiger partial charge in [-0.25, -0.2) is 4.98 Å². The van der Waals surface area contributed by atoms with Crippen LogP contribution >= 0.6 is 0 Å². The van der Waals surface area contributed by atoms with Crippen molar-refractivity contribution in [3.63, 3.8) is 0 Å². The van der Waals surface area contributed by atoms with Gasteiger partial charge >= 0.3 is 0 Å². The minimum absolute atomic E-state index is 0.0631. The third-order valence-corrected chi connectivity index (χ3v) is 5.78. The van der Waals surface area contributed by atoms with Gasteiger partial charge in [0.25, 0.3) is 11.8 Å². The summed E-state index contributed by atoms with van der Waals surface area (Å²) >= 11 is 0. The van der Waals surface area contributed by atoms with Crippen molar-refractivity contribution in [3.05, 3.63) is 77.2 Å². The summed E-state index contributed by atoms with van der Waals surface area (Å²) in [5.41, 5.74) is 3.85. The molecule has 1 atom stereocenters. The fourth-order valence-electron chi connectivity index (χ4n) is 3.94. The van der Waals surface area contributed by atoms with E-state index >= 15 is 0 Å². The second-order valence-corrected chi connectivity index (χ2v) is 8.12. The Morgan fingerprint density at radius 2 is 2.00 bits per heavy atom. The quantitative estimate of drug-likeness (QED) is 0.305. The van der Waals surface area contributed by atoms with Gasteiger partial charge in [0.2, 0.25) is 5.95 Å². The molecule has 1 aliphatic heterocycles. The molecule has 4 N–H and O–H groups in total. The first kappa shape index (κ1) is 22.5. The van der Waals surface area contributed by atoms with E-state index < -0.39 is 6.04 Å². The van der Waals surface area contributed by atoms with Crippen LogP contribution in [0.15, 0.2) is 59.3 Å². The standard InChI is InChI=1S/C25H25N7O3/c1-2-21-30-24(35-32-21)19-13-27-25(28-17-8-9-18-16(12-17)10-11-26-23(18)34)31-22(19)29-20(14-33)15-6-4-3-5-7-15/h3-9,12-13,20,33H,2,10-11,14H2,1H3,(H,26,34)(H2,27,28,29,31)/t20-/m1/s1. The molecular formula is C25H25N7O3. The number of aryl methyl sites for hydroxylation is 1. The highest BCUT2D eigenvalue weighted by atomic mass is 16.5. The van der Waals surface area contributed by atoms with Crippen molar-refractivity contribution in [2.45, 2.75) is 25.8 Å². The first-order valence-corrected chi connectivity index (χ1v) is 11.4. The van der Waals surface area contributed by atoms with Crippen LogP contribution in [0.1, 0.15) is 40.3 Å². The Hall–Kier alpha value is -4.31. The van der Waals surface area contributed by atoms with E-state index in [9.17, 15) is 9.90 Å². The lowest BCUT2D eigenvalue weighted by molar-refractivity contribution is 0.0946. The Bertz CT molecular complexity index is 1340. The van der Waals surface area contributed by atoms with Crippen LogP contribution in [-0.4, -0.2) is 44.3 Å². The predicted molar refractivity (Wildman–Crippen MR) is 130 cm³/mol. The summed E-state index contributed by atoms with van der Waals surface area (Å²) in [6, 6.07) is 14.7. The minimum Gasteiger partial charge on any atom is -0.394 e. The first-order chi connectivity index (χ1) is 17.1. The van der Waals surface area contributed by atoms with Crippen LogP contribution < -0.4 is 16.0 Å². The van der Waals surface area contributed by atoms with Crippen molar-refractivity contribution in [1.29, 1.82) is 0 Å². The average Bonchev–Trinajstić information content (AvgIpc) is 3.37. The molecule has 178 valence electrons. The number of anilines is 3. The first-order valence-electron chi connectivity index (χ1n) is 11.4. The lowest BCUT2D eigenvalue weighted by Gasteiger charge is -2.20. The van der Waals surface area contributed by atoms with Gasteiger partial charge in [-0.05, 0) is 35.7 Å². The molecule has 10 heteroatoms. The number of amides is 1. The number of hydrogen-bond acceptors (Lipinski definition) is 9. The predicted octanol–water partition coefficient (Wildman–Crippen LogP) is 3.26. The lowest BCUT2D eigenvalue weighted by Crippen LogP contribution is -2.31. The Labute approximate surface area is 201 Å². The summed E-state index contributed by atoms with van der Waals surface area (Å²) in [6.07, 6.45) is 3.00. The third-order valence-electron chi connectivity index (χ3n) is 5.78. The van der Waals surface area contributed by atoms with E-state index in [0.717, 1.165) is 23.2 Å². The number of rotatable bonds is 8. The molecule has 35 heavy (non-hydrogen) atoms. The van der Waals surface area contributed by atoms with Crippen LogP contribution in [-0.2, 0) is 12.8 Å². The van der Waals surface area contributed by atoms with Crippen LogP contribution in [0.4, 0.5) is 17.5 Å². The van der Waals surface area contributed by atoms with Crippen LogP contribution in [0.25, 0.3) is 11.5 Å². The number of carbonyl (C=O) groups excluding carboxylic acids is 1. The van der Waals surface area contributed by atoms with Crippen molar-refractivity contribution in [1.82, 2.24) is 25.4 Å². The number of aromatic nitrogens is 4. The molecule has 3 heterocycles. The molecule has 0 bridgehead atoms. The van der Waals surface area contributed by atoms with Crippen molar-refractivity contribution >= 4 is 23.4 Å². The summed E-state index contributed by atoms with van der Waals surface area (Å²) in [6.45, 7) is 2.41. The number of nitrogens with zero attached hydrogens (tertiary/aromatic N) is 4. The smallest absolute Gasteiger partial charge is 0.263 e. The highest BCUT2D eigenvalue weighted by molar-refractivity contribution is 5.97. The molecule has 2 aromatic heterocycles. The summed E-state index contributed by atoms with van der Waals surface area (Å²) in [4.78, 5) is 25.6. The normalized spacial score (nSPS) is 13.6. The number of benzene rings is 2. The second kappa shape index (κ2) is 9.90. The molecule has 1 aliphatic rings. The molecule has 0 saturated carbocycles. The molecule has 0 spiro atoms. The molecule has 1 amide bonds. The summed E-state index contributed by atoms with van der Waals surface area (Å²) in [5, 5.41) is 23.4. The molecule has 0 fully saturated rings. The van der Waals surface area contributed by atoms with Gasteiger partial charge in [0.05, 0.1) is 12.6 Å². The van der Waals surface area contributed by atoms with E-state index in [2.05, 4.69) is 36.1 Å². The Balaban J connectivity index is 1.48. The van der Waals surface area contributed by atoms with Gasteiger partial charge in [-0.2, -0.15) is 9.97 Å². The van der Waals surface area contributed by atoms with Crippen molar-refractivity contribution in [2.75, 3.05) is 23.8 Å².